The molecule has 0 amide bonds. The van der Waals surface area contributed by atoms with E-state index in [0.29, 0.717) is 17.7 Å². The maximum Gasteiger partial charge on any atom is 0.175 e. The lowest BCUT2D eigenvalue weighted by Crippen LogP contribution is -1.91. The molecule has 2 aromatic rings. The number of nitrogen functional groups attached to an aromatic ring is 1. The zero-order valence-corrected chi connectivity index (χ0v) is 11.0. The molecule has 0 bridgehead atoms. The lowest BCUT2D eigenvalue weighted by atomic mass is 9.99. The molecule has 0 radical (unpaired) electrons. The zero-order chi connectivity index (χ0) is 12.9. The van der Waals surface area contributed by atoms with Gasteiger partial charge in [-0.05, 0) is 42.9 Å². The number of nitrogens with two attached hydrogens (primary N) is 1. The van der Waals surface area contributed by atoms with Crippen LogP contribution in [0.2, 0.25) is 0 Å². The number of nitrogens with zero attached hydrogens (tertiary/aromatic N) is 1. The van der Waals surface area contributed by atoms with Gasteiger partial charge in [0, 0.05) is 5.92 Å². The van der Waals surface area contributed by atoms with Crippen LogP contribution in [0.5, 0.6) is 0 Å². The van der Waals surface area contributed by atoms with Crippen molar-refractivity contribution in [2.24, 2.45) is 5.92 Å². The van der Waals surface area contributed by atoms with E-state index in [4.69, 9.17) is 10.3 Å². The van der Waals surface area contributed by atoms with E-state index in [1.807, 2.05) is 0 Å². The molecule has 1 aromatic carbocycles. The van der Waals surface area contributed by atoms with Gasteiger partial charge in [0.25, 0.3) is 0 Å². The molecule has 1 heterocycles. The molecule has 0 saturated heterocycles. The first-order valence-corrected chi connectivity index (χ1v) is 6.40. The summed E-state index contributed by atoms with van der Waals surface area (Å²) in [6.45, 7) is 6.45. The minimum Gasteiger partial charge on any atom is -0.380 e. The Morgan fingerprint density at radius 1 is 1.28 bits per heavy atom. The molecule has 3 rings (SSSR count). The Labute approximate surface area is 107 Å². The predicted octanol–water partition coefficient (Wildman–Crippen LogP) is 3.66. The number of anilines is 1. The highest BCUT2D eigenvalue weighted by molar-refractivity contribution is 5.77. The van der Waals surface area contributed by atoms with Crippen LogP contribution in [-0.4, -0.2) is 5.16 Å². The summed E-state index contributed by atoms with van der Waals surface area (Å²) in [4.78, 5) is 0. The van der Waals surface area contributed by atoms with E-state index in [9.17, 15) is 0 Å². The van der Waals surface area contributed by atoms with Crippen LogP contribution in [0.3, 0.4) is 0 Å². The second kappa shape index (κ2) is 3.87. The molecule has 1 fully saturated rings. The first-order valence-electron chi connectivity index (χ1n) is 6.40. The Kier molecular flexibility index (Phi) is 2.44. The number of rotatable bonds is 2. The number of benzene rings is 1. The summed E-state index contributed by atoms with van der Waals surface area (Å²) in [5, 5.41) is 3.94. The molecule has 18 heavy (non-hydrogen) atoms. The highest BCUT2D eigenvalue weighted by atomic mass is 16.5. The molecule has 1 saturated carbocycles. The Hall–Kier alpha value is -1.77. The predicted molar refractivity (Wildman–Crippen MR) is 72.3 cm³/mol. The van der Waals surface area contributed by atoms with Gasteiger partial charge in [0.2, 0.25) is 0 Å². The molecule has 1 aromatic heterocycles. The fourth-order valence-electron chi connectivity index (χ4n) is 2.44. The molecule has 2 N–H and O–H groups in total. The molecule has 0 aliphatic heterocycles. The molecule has 94 valence electrons. The van der Waals surface area contributed by atoms with E-state index in [1.54, 1.807) is 0 Å². The van der Waals surface area contributed by atoms with Crippen LogP contribution >= 0.6 is 0 Å². The average molecular weight is 242 g/mol. The summed E-state index contributed by atoms with van der Waals surface area (Å²) in [5.74, 6) is 2.64. The van der Waals surface area contributed by atoms with Gasteiger partial charge in [-0.15, -0.1) is 0 Å². The van der Waals surface area contributed by atoms with E-state index in [0.717, 1.165) is 16.9 Å². The van der Waals surface area contributed by atoms with Gasteiger partial charge in [-0.2, -0.15) is 0 Å². The molecular weight excluding hydrogens is 224 g/mol. The Morgan fingerprint density at radius 3 is 2.61 bits per heavy atom. The quantitative estimate of drug-likeness (QED) is 0.874. The summed E-state index contributed by atoms with van der Waals surface area (Å²) in [6.07, 6.45) is 1.17. The maximum atomic E-state index is 5.97. The van der Waals surface area contributed by atoms with E-state index in [-0.39, 0.29) is 0 Å². The summed E-state index contributed by atoms with van der Waals surface area (Å²) < 4.78 is 5.44. The largest absolute Gasteiger partial charge is 0.380 e. The molecule has 2 unspecified atom stereocenters. The van der Waals surface area contributed by atoms with Crippen LogP contribution in [0.1, 0.15) is 36.1 Å². The molecule has 2 atom stereocenters. The minimum atomic E-state index is 0.492. The van der Waals surface area contributed by atoms with E-state index in [1.165, 1.54) is 17.5 Å². The van der Waals surface area contributed by atoms with Crippen molar-refractivity contribution in [2.45, 2.75) is 33.1 Å². The van der Waals surface area contributed by atoms with Crippen molar-refractivity contribution in [1.29, 1.82) is 0 Å². The third kappa shape index (κ3) is 1.70. The molecule has 3 heteroatoms. The highest BCUT2D eigenvalue weighted by Gasteiger charge is 2.40. The Bertz CT molecular complexity index is 601. The summed E-state index contributed by atoms with van der Waals surface area (Å²) >= 11 is 0. The molecule has 1 aliphatic carbocycles. The van der Waals surface area contributed by atoms with Crippen LogP contribution in [0.15, 0.2) is 22.7 Å². The highest BCUT2D eigenvalue weighted by Crippen LogP contribution is 2.51. The van der Waals surface area contributed by atoms with E-state index in [2.05, 4.69) is 44.1 Å². The number of hydrogen-bond acceptors (Lipinski definition) is 3. The smallest absolute Gasteiger partial charge is 0.175 e. The number of aryl methyl sites for hydroxylation is 2. The van der Waals surface area contributed by atoms with Crippen LogP contribution in [-0.2, 0) is 0 Å². The zero-order valence-electron chi connectivity index (χ0n) is 11.0. The van der Waals surface area contributed by atoms with Crippen molar-refractivity contribution < 1.29 is 4.52 Å². The topological polar surface area (TPSA) is 52.0 Å². The standard InChI is InChI=1S/C15H18N2O/c1-8-4-5-11(6-9(8)2)13-14(12-7-10(12)3)18-17-15(13)16/h4-6,10,12H,7H2,1-3H3,(H2,16,17). The van der Waals surface area contributed by atoms with Gasteiger partial charge in [-0.1, -0.05) is 30.3 Å². The molecule has 1 aliphatic rings. The third-order valence-electron chi connectivity index (χ3n) is 3.99. The van der Waals surface area contributed by atoms with Crippen molar-refractivity contribution in [3.63, 3.8) is 0 Å². The lowest BCUT2D eigenvalue weighted by Gasteiger charge is -2.05. The van der Waals surface area contributed by atoms with Gasteiger partial charge in [0.15, 0.2) is 5.82 Å². The van der Waals surface area contributed by atoms with Crippen LogP contribution in [0, 0.1) is 19.8 Å². The van der Waals surface area contributed by atoms with Gasteiger partial charge in [0.05, 0.1) is 5.56 Å². The Balaban J connectivity index is 2.10. The van der Waals surface area contributed by atoms with Crippen LogP contribution < -0.4 is 5.73 Å². The summed E-state index contributed by atoms with van der Waals surface area (Å²) in [6, 6.07) is 6.38. The fourth-order valence-corrected chi connectivity index (χ4v) is 2.44. The minimum absolute atomic E-state index is 0.492. The van der Waals surface area contributed by atoms with Crippen molar-refractivity contribution in [2.75, 3.05) is 5.73 Å². The van der Waals surface area contributed by atoms with Crippen molar-refractivity contribution in [3.05, 3.63) is 35.1 Å². The van der Waals surface area contributed by atoms with Crippen LogP contribution in [0.25, 0.3) is 11.1 Å². The SMILES string of the molecule is Cc1ccc(-c2c(N)noc2C2CC2C)cc1C. The van der Waals surface area contributed by atoms with E-state index < -0.39 is 0 Å². The lowest BCUT2D eigenvalue weighted by molar-refractivity contribution is 0.384. The average Bonchev–Trinajstić information content (AvgIpc) is 2.92. The van der Waals surface area contributed by atoms with Gasteiger partial charge < -0.3 is 10.3 Å². The monoisotopic (exact) mass is 242 g/mol. The second-order valence-electron chi connectivity index (χ2n) is 5.43. The Morgan fingerprint density at radius 2 is 2.00 bits per heavy atom. The van der Waals surface area contributed by atoms with Crippen molar-refractivity contribution in [1.82, 2.24) is 5.16 Å². The number of aromatic nitrogens is 1. The molecule has 3 nitrogen and oxygen atoms in total. The normalized spacial score (nSPS) is 22.2. The van der Waals surface area contributed by atoms with Gasteiger partial charge >= 0.3 is 0 Å². The third-order valence-corrected chi connectivity index (χ3v) is 3.99. The number of hydrogen-bond donors (Lipinski definition) is 1. The van der Waals surface area contributed by atoms with E-state index >= 15 is 0 Å². The second-order valence-corrected chi connectivity index (χ2v) is 5.43. The maximum absolute atomic E-state index is 5.97. The first kappa shape index (κ1) is 11.3. The first-order chi connectivity index (χ1) is 8.58. The molecular formula is C15H18N2O. The van der Waals surface area contributed by atoms with Crippen molar-refractivity contribution in [3.8, 4) is 11.1 Å². The van der Waals surface area contributed by atoms with Gasteiger partial charge in [-0.25, -0.2) is 0 Å². The molecule has 0 spiro atoms. The summed E-state index contributed by atoms with van der Waals surface area (Å²) in [7, 11) is 0. The fraction of sp³-hybridized carbons (Fsp3) is 0.400. The van der Waals surface area contributed by atoms with Crippen LogP contribution in [0.4, 0.5) is 5.82 Å². The van der Waals surface area contributed by atoms with Gasteiger partial charge in [-0.3, -0.25) is 0 Å². The van der Waals surface area contributed by atoms with Crippen molar-refractivity contribution >= 4 is 5.82 Å². The summed E-state index contributed by atoms with van der Waals surface area (Å²) in [5.41, 5.74) is 10.6. The van der Waals surface area contributed by atoms with Gasteiger partial charge in [0.1, 0.15) is 5.76 Å².